The molecule has 0 saturated carbocycles. The Morgan fingerprint density at radius 3 is 2.26 bits per heavy atom. The number of methoxy groups -OCH3 is 1. The summed E-state index contributed by atoms with van der Waals surface area (Å²) in [5.74, 6) is 0.0638. The van der Waals surface area contributed by atoms with Gasteiger partial charge in [0.05, 0.1) is 26.2 Å². The molecule has 1 rings (SSSR count). The van der Waals surface area contributed by atoms with Gasteiger partial charge in [0.2, 0.25) is 5.91 Å². The Labute approximate surface area is 143 Å². The van der Waals surface area contributed by atoms with E-state index in [4.69, 9.17) is 10.5 Å². The number of esters is 1. The zero-order chi connectivity index (χ0) is 16.8. The number of rotatable bonds is 6. The number of carbonyl (C=O) groups excluding carboxylic acids is 2. The van der Waals surface area contributed by atoms with E-state index in [0.29, 0.717) is 11.4 Å². The van der Waals surface area contributed by atoms with Crippen molar-refractivity contribution in [1.82, 2.24) is 0 Å². The monoisotopic (exact) mass is 344 g/mol. The van der Waals surface area contributed by atoms with Crippen LogP contribution in [0.3, 0.4) is 0 Å². The van der Waals surface area contributed by atoms with Crippen LogP contribution in [0.4, 0.5) is 5.69 Å². The van der Waals surface area contributed by atoms with Crippen LogP contribution in [0.1, 0.15) is 27.2 Å². The molecule has 130 valence electrons. The van der Waals surface area contributed by atoms with Crippen molar-refractivity contribution < 1.29 is 19.1 Å². The van der Waals surface area contributed by atoms with Crippen LogP contribution < -0.4 is 15.8 Å². The smallest absolute Gasteiger partial charge is 0.308 e. The van der Waals surface area contributed by atoms with Crippen molar-refractivity contribution in [3.63, 3.8) is 0 Å². The van der Waals surface area contributed by atoms with Crippen molar-refractivity contribution in [1.29, 1.82) is 0 Å². The third kappa shape index (κ3) is 7.34. The van der Waals surface area contributed by atoms with E-state index in [0.717, 1.165) is 0 Å². The Hall–Kier alpha value is -1.79. The molecule has 0 aromatic heterocycles. The van der Waals surface area contributed by atoms with E-state index in [9.17, 15) is 9.59 Å². The fourth-order valence-electron chi connectivity index (χ4n) is 1.60. The summed E-state index contributed by atoms with van der Waals surface area (Å²) in [5, 5.41) is 2.77. The Kier molecular flexibility index (Phi) is 8.64. The van der Waals surface area contributed by atoms with Gasteiger partial charge in [-0.05, 0) is 29.7 Å². The van der Waals surface area contributed by atoms with E-state index in [1.54, 1.807) is 24.3 Å². The molecule has 0 saturated heterocycles. The van der Waals surface area contributed by atoms with Crippen LogP contribution in [0.25, 0.3) is 0 Å². The summed E-state index contributed by atoms with van der Waals surface area (Å²) in [7, 11) is 1.34. The lowest BCUT2D eigenvalue weighted by molar-refractivity contribution is -0.141. The second-order valence-electron chi connectivity index (χ2n) is 6.03. The predicted molar refractivity (Wildman–Crippen MR) is 91.9 cm³/mol. The number of benzene rings is 1. The highest BCUT2D eigenvalue weighted by Gasteiger charge is 2.27. The zero-order valence-electron chi connectivity index (χ0n) is 13.9. The standard InChI is InChI=1S/C16H24N2O4.ClH/c1-16(2,3)14(17)15(20)18-11-5-7-12(8-6-11)22-10-9-13(19)21-4;/h5-8,14H,9-10,17H2,1-4H3,(H,18,20);1H/t14-;/m1./s1. The minimum absolute atomic E-state index is 0. The fourth-order valence-corrected chi connectivity index (χ4v) is 1.60. The predicted octanol–water partition coefficient (Wildman–Crippen LogP) is 2.36. The molecule has 3 N–H and O–H groups in total. The maximum atomic E-state index is 12.0. The maximum Gasteiger partial charge on any atom is 0.308 e. The summed E-state index contributed by atoms with van der Waals surface area (Å²) in [6, 6.07) is 6.29. The topological polar surface area (TPSA) is 90.6 Å². The average molecular weight is 345 g/mol. The summed E-state index contributed by atoms with van der Waals surface area (Å²) in [6.45, 7) is 5.98. The number of amides is 1. The molecule has 0 unspecified atom stereocenters. The number of hydrogen-bond acceptors (Lipinski definition) is 5. The van der Waals surface area contributed by atoms with Gasteiger partial charge in [-0.25, -0.2) is 0 Å². The molecular weight excluding hydrogens is 320 g/mol. The van der Waals surface area contributed by atoms with Gasteiger partial charge >= 0.3 is 5.97 Å². The first-order valence-electron chi connectivity index (χ1n) is 7.10. The number of halogens is 1. The number of ether oxygens (including phenoxy) is 2. The molecule has 0 bridgehead atoms. The van der Waals surface area contributed by atoms with E-state index in [-0.39, 0.29) is 42.7 Å². The number of anilines is 1. The number of nitrogens with two attached hydrogens (primary N) is 1. The SMILES string of the molecule is COC(=O)CCOc1ccc(NC(=O)[C@@H](N)C(C)(C)C)cc1.Cl. The van der Waals surface area contributed by atoms with Crippen LogP contribution in [0.15, 0.2) is 24.3 Å². The van der Waals surface area contributed by atoms with E-state index in [1.165, 1.54) is 7.11 Å². The average Bonchev–Trinajstić information content (AvgIpc) is 2.47. The summed E-state index contributed by atoms with van der Waals surface area (Å²) < 4.78 is 9.92. The van der Waals surface area contributed by atoms with Gasteiger partial charge in [0.15, 0.2) is 0 Å². The first-order chi connectivity index (χ1) is 10.2. The molecule has 0 aliphatic heterocycles. The largest absolute Gasteiger partial charge is 0.493 e. The third-order valence-corrected chi connectivity index (χ3v) is 3.14. The molecule has 7 heteroatoms. The van der Waals surface area contributed by atoms with E-state index in [2.05, 4.69) is 10.1 Å². The van der Waals surface area contributed by atoms with Crippen LogP contribution >= 0.6 is 12.4 Å². The van der Waals surface area contributed by atoms with E-state index in [1.807, 2.05) is 20.8 Å². The first kappa shape index (κ1) is 21.2. The minimum Gasteiger partial charge on any atom is -0.493 e. The highest BCUT2D eigenvalue weighted by Crippen LogP contribution is 2.20. The number of carbonyl (C=O) groups is 2. The van der Waals surface area contributed by atoms with Crippen LogP contribution in [-0.4, -0.2) is 31.6 Å². The fraction of sp³-hybridized carbons (Fsp3) is 0.500. The van der Waals surface area contributed by atoms with Crippen molar-refractivity contribution in [3.05, 3.63) is 24.3 Å². The minimum atomic E-state index is -0.594. The van der Waals surface area contributed by atoms with Gasteiger partial charge in [-0.1, -0.05) is 20.8 Å². The molecule has 0 aliphatic carbocycles. The van der Waals surface area contributed by atoms with Crippen LogP contribution in [0.2, 0.25) is 0 Å². The van der Waals surface area contributed by atoms with Crippen LogP contribution in [0, 0.1) is 5.41 Å². The van der Waals surface area contributed by atoms with Crippen LogP contribution in [-0.2, 0) is 14.3 Å². The van der Waals surface area contributed by atoms with Gasteiger partial charge in [-0.2, -0.15) is 0 Å². The summed E-state index contributed by atoms with van der Waals surface area (Å²) in [6.07, 6.45) is 0.190. The van der Waals surface area contributed by atoms with Crippen molar-refractivity contribution in [2.75, 3.05) is 19.0 Å². The van der Waals surface area contributed by atoms with Gasteiger partial charge in [-0.3, -0.25) is 9.59 Å². The summed E-state index contributed by atoms with van der Waals surface area (Å²) in [4.78, 5) is 23.0. The van der Waals surface area contributed by atoms with Crippen molar-refractivity contribution >= 4 is 30.0 Å². The Bertz CT molecular complexity index is 512. The van der Waals surface area contributed by atoms with E-state index >= 15 is 0 Å². The third-order valence-electron chi connectivity index (χ3n) is 3.14. The lowest BCUT2D eigenvalue weighted by atomic mass is 9.87. The van der Waals surface area contributed by atoms with Gasteiger partial charge < -0.3 is 20.5 Å². The molecular formula is C16H25ClN2O4. The molecule has 1 atom stereocenters. The zero-order valence-corrected chi connectivity index (χ0v) is 14.7. The molecule has 6 nitrogen and oxygen atoms in total. The number of hydrogen-bond donors (Lipinski definition) is 2. The molecule has 0 aliphatic rings. The Morgan fingerprint density at radius 2 is 1.78 bits per heavy atom. The summed E-state index contributed by atoms with van der Waals surface area (Å²) >= 11 is 0. The second kappa shape index (κ2) is 9.37. The molecule has 0 spiro atoms. The lowest BCUT2D eigenvalue weighted by Gasteiger charge is -2.25. The Balaban J connectivity index is 0.00000484. The van der Waals surface area contributed by atoms with E-state index < -0.39 is 6.04 Å². The second-order valence-corrected chi connectivity index (χ2v) is 6.03. The van der Waals surface area contributed by atoms with Crippen LogP contribution in [0.5, 0.6) is 5.75 Å². The highest BCUT2D eigenvalue weighted by atomic mass is 35.5. The quantitative estimate of drug-likeness (QED) is 0.773. The molecule has 0 radical (unpaired) electrons. The first-order valence-corrected chi connectivity index (χ1v) is 7.10. The van der Waals surface area contributed by atoms with Crippen molar-refractivity contribution in [2.45, 2.75) is 33.2 Å². The molecule has 23 heavy (non-hydrogen) atoms. The van der Waals surface area contributed by atoms with Crippen molar-refractivity contribution in [3.8, 4) is 5.75 Å². The lowest BCUT2D eigenvalue weighted by Crippen LogP contribution is -2.45. The molecule has 1 aromatic carbocycles. The Morgan fingerprint density at radius 1 is 1.22 bits per heavy atom. The van der Waals surface area contributed by atoms with Gasteiger partial charge in [0, 0.05) is 5.69 Å². The highest BCUT2D eigenvalue weighted by molar-refractivity contribution is 5.95. The normalized spacial score (nSPS) is 11.9. The van der Waals surface area contributed by atoms with Gasteiger partial charge in [0.1, 0.15) is 5.75 Å². The molecule has 0 heterocycles. The maximum absolute atomic E-state index is 12.0. The van der Waals surface area contributed by atoms with Crippen molar-refractivity contribution in [2.24, 2.45) is 11.1 Å². The summed E-state index contributed by atoms with van der Waals surface area (Å²) in [5.41, 5.74) is 6.24. The van der Waals surface area contributed by atoms with Gasteiger partial charge in [0.25, 0.3) is 0 Å². The molecule has 0 fully saturated rings. The van der Waals surface area contributed by atoms with Gasteiger partial charge in [-0.15, -0.1) is 12.4 Å². The number of nitrogens with one attached hydrogen (secondary N) is 1. The molecule has 1 amide bonds. The molecule has 1 aromatic rings.